The molecule has 2 heterocycles. The fourth-order valence-electron chi connectivity index (χ4n) is 2.06. The van der Waals surface area contributed by atoms with Crippen LogP contribution in [0.2, 0.25) is 0 Å². The first kappa shape index (κ1) is 12.2. The fraction of sp³-hybridized carbons (Fsp3) is 0.364. The summed E-state index contributed by atoms with van der Waals surface area (Å²) in [5.41, 5.74) is -0.567. The molecule has 17 heavy (non-hydrogen) atoms. The van der Waals surface area contributed by atoms with E-state index in [1.165, 1.54) is 25.3 Å². The summed E-state index contributed by atoms with van der Waals surface area (Å²) in [7, 11) is 1.34. The molecule has 0 spiro atoms. The van der Waals surface area contributed by atoms with Crippen LogP contribution in [0.25, 0.3) is 10.2 Å². The monoisotopic (exact) mass is 261 g/mol. The fourth-order valence-corrected chi connectivity index (χ4v) is 3.14. The van der Waals surface area contributed by atoms with Crippen LogP contribution < -0.4 is 5.43 Å². The maximum atomic E-state index is 12.9. The summed E-state index contributed by atoms with van der Waals surface area (Å²) < 4.78 is 40.1. The zero-order valence-electron chi connectivity index (χ0n) is 9.47. The highest BCUT2D eigenvalue weighted by Crippen LogP contribution is 2.34. The Labute approximate surface area is 99.3 Å². The molecule has 0 aliphatic carbocycles. The van der Waals surface area contributed by atoms with Crippen LogP contribution in [0.1, 0.15) is 16.8 Å². The summed E-state index contributed by atoms with van der Waals surface area (Å²) in [6.45, 7) is 2.92. The molecule has 0 aliphatic heterocycles. The van der Waals surface area contributed by atoms with Gasteiger partial charge in [0.05, 0.1) is 10.2 Å². The van der Waals surface area contributed by atoms with Crippen molar-refractivity contribution < 1.29 is 13.2 Å². The first-order chi connectivity index (χ1) is 7.75. The molecule has 2 aromatic rings. The van der Waals surface area contributed by atoms with Gasteiger partial charge in [0, 0.05) is 12.6 Å². The maximum Gasteiger partial charge on any atom is 0.431 e. The van der Waals surface area contributed by atoms with Crippen LogP contribution in [0, 0.1) is 13.8 Å². The van der Waals surface area contributed by atoms with Crippen LogP contribution in [0.3, 0.4) is 0 Å². The molecule has 0 saturated heterocycles. The smallest absolute Gasteiger partial charge is 0.339 e. The van der Waals surface area contributed by atoms with Crippen molar-refractivity contribution in [3.05, 3.63) is 32.4 Å². The van der Waals surface area contributed by atoms with E-state index in [-0.39, 0.29) is 5.56 Å². The van der Waals surface area contributed by atoms with Crippen molar-refractivity contribution in [2.75, 3.05) is 0 Å². The van der Waals surface area contributed by atoms with E-state index in [1.807, 2.05) is 0 Å². The van der Waals surface area contributed by atoms with Crippen molar-refractivity contribution in [1.29, 1.82) is 0 Å². The normalized spacial score (nSPS) is 12.4. The zero-order valence-corrected chi connectivity index (χ0v) is 10.3. The minimum atomic E-state index is -4.51. The van der Waals surface area contributed by atoms with Crippen LogP contribution in [0.5, 0.6) is 0 Å². The lowest BCUT2D eigenvalue weighted by molar-refractivity contribution is -0.143. The molecule has 0 aliphatic rings. The van der Waals surface area contributed by atoms with Crippen molar-refractivity contribution in [1.82, 2.24) is 4.57 Å². The summed E-state index contributed by atoms with van der Waals surface area (Å²) >= 11 is 1.19. The Kier molecular flexibility index (Phi) is 2.57. The second-order valence-corrected chi connectivity index (χ2v) is 4.84. The molecule has 2 aromatic heterocycles. The molecule has 0 atom stereocenters. The lowest BCUT2D eigenvalue weighted by atomic mass is 10.1. The lowest BCUT2D eigenvalue weighted by Crippen LogP contribution is -2.23. The zero-order chi connectivity index (χ0) is 13.0. The van der Waals surface area contributed by atoms with E-state index in [2.05, 4.69) is 0 Å². The number of thiophene rings is 1. The van der Waals surface area contributed by atoms with Gasteiger partial charge in [-0.25, -0.2) is 0 Å². The predicted molar refractivity (Wildman–Crippen MR) is 61.5 cm³/mol. The highest BCUT2D eigenvalue weighted by molar-refractivity contribution is 7.17. The van der Waals surface area contributed by atoms with Gasteiger partial charge in [-0.05, 0) is 24.8 Å². The quantitative estimate of drug-likeness (QED) is 0.713. The van der Waals surface area contributed by atoms with Gasteiger partial charge in [-0.2, -0.15) is 13.2 Å². The number of halogens is 3. The molecule has 0 bridgehead atoms. The summed E-state index contributed by atoms with van der Waals surface area (Å²) in [5, 5.41) is 1.70. The summed E-state index contributed by atoms with van der Waals surface area (Å²) in [5.74, 6) is 0. The Hall–Kier alpha value is -1.30. The van der Waals surface area contributed by atoms with E-state index in [9.17, 15) is 18.0 Å². The Morgan fingerprint density at radius 3 is 2.41 bits per heavy atom. The van der Waals surface area contributed by atoms with Gasteiger partial charge in [-0.3, -0.25) is 4.79 Å². The van der Waals surface area contributed by atoms with Crippen LogP contribution >= 0.6 is 11.3 Å². The number of aryl methyl sites for hydroxylation is 2. The summed E-state index contributed by atoms with van der Waals surface area (Å²) in [6, 6.07) is 0. The number of alkyl halides is 3. The Balaban J connectivity index is 3.05. The average Bonchev–Trinajstić information content (AvgIpc) is 2.55. The number of aromatic nitrogens is 1. The van der Waals surface area contributed by atoms with Crippen LogP contribution in [-0.4, -0.2) is 4.57 Å². The van der Waals surface area contributed by atoms with Gasteiger partial charge < -0.3 is 4.57 Å². The minimum Gasteiger partial charge on any atom is -0.339 e. The number of fused-ring (bicyclic) bond motifs is 1. The second-order valence-electron chi connectivity index (χ2n) is 3.96. The van der Waals surface area contributed by atoms with Crippen molar-refractivity contribution in [2.45, 2.75) is 20.0 Å². The third-order valence-corrected chi connectivity index (χ3v) is 3.87. The molecule has 2 rings (SSSR count). The van der Waals surface area contributed by atoms with Crippen molar-refractivity contribution in [3.63, 3.8) is 0 Å². The molecule has 6 heteroatoms. The highest BCUT2D eigenvalue weighted by atomic mass is 32.1. The summed E-state index contributed by atoms with van der Waals surface area (Å²) in [6.07, 6.45) is -4.51. The first-order valence-corrected chi connectivity index (χ1v) is 5.77. The molecule has 0 saturated carbocycles. The van der Waals surface area contributed by atoms with Gasteiger partial charge in [0.2, 0.25) is 5.43 Å². The highest BCUT2D eigenvalue weighted by Gasteiger charge is 2.37. The number of rotatable bonds is 0. The number of hydrogen-bond donors (Lipinski definition) is 0. The van der Waals surface area contributed by atoms with E-state index >= 15 is 0 Å². The molecule has 0 fully saturated rings. The summed E-state index contributed by atoms with van der Waals surface area (Å²) in [4.78, 5) is 11.9. The molecule has 0 unspecified atom stereocenters. The number of pyridine rings is 1. The van der Waals surface area contributed by atoms with E-state index in [1.54, 1.807) is 12.3 Å². The molecule has 0 radical (unpaired) electrons. The molecule has 2 nitrogen and oxygen atoms in total. The minimum absolute atomic E-state index is 0.241. The van der Waals surface area contributed by atoms with E-state index in [0.29, 0.717) is 15.8 Å². The molecule has 0 N–H and O–H groups in total. The third-order valence-electron chi connectivity index (χ3n) is 2.78. The van der Waals surface area contributed by atoms with E-state index < -0.39 is 17.3 Å². The SMILES string of the molecule is Cc1c(C(F)(F)F)n(C)c2c(C)csc2c1=O. The topological polar surface area (TPSA) is 22.0 Å². The van der Waals surface area contributed by atoms with Gasteiger partial charge in [-0.1, -0.05) is 0 Å². The van der Waals surface area contributed by atoms with Gasteiger partial charge in [0.25, 0.3) is 0 Å². The molecule has 92 valence electrons. The van der Waals surface area contributed by atoms with E-state index in [0.717, 1.165) is 4.57 Å². The van der Waals surface area contributed by atoms with Gasteiger partial charge >= 0.3 is 6.18 Å². The first-order valence-electron chi connectivity index (χ1n) is 4.89. The van der Waals surface area contributed by atoms with Crippen LogP contribution in [0.15, 0.2) is 10.2 Å². The third kappa shape index (κ3) is 1.67. The standard InChI is InChI=1S/C11H10F3NOS/c1-5-4-17-9-7(5)15(3)10(11(12,13)14)6(2)8(9)16/h4H,1-3H3. The molecule has 0 aromatic carbocycles. The molecular weight excluding hydrogens is 251 g/mol. The largest absolute Gasteiger partial charge is 0.431 e. The van der Waals surface area contributed by atoms with Crippen LogP contribution in [-0.2, 0) is 13.2 Å². The Morgan fingerprint density at radius 1 is 1.29 bits per heavy atom. The maximum absolute atomic E-state index is 12.9. The predicted octanol–water partition coefficient (Wildman–Crippen LogP) is 3.24. The molecule has 0 amide bonds. The van der Waals surface area contributed by atoms with Crippen molar-refractivity contribution >= 4 is 21.6 Å². The number of hydrogen-bond acceptors (Lipinski definition) is 2. The Bertz CT molecular complexity index is 651. The number of nitrogens with zero attached hydrogens (tertiary/aromatic N) is 1. The van der Waals surface area contributed by atoms with Gasteiger partial charge in [0.1, 0.15) is 5.69 Å². The second kappa shape index (κ2) is 3.60. The van der Waals surface area contributed by atoms with Crippen molar-refractivity contribution in [3.8, 4) is 0 Å². The van der Waals surface area contributed by atoms with E-state index in [4.69, 9.17) is 0 Å². The molecular formula is C11H10F3NOS. The Morgan fingerprint density at radius 2 is 1.88 bits per heavy atom. The van der Waals surface area contributed by atoms with Crippen LogP contribution in [0.4, 0.5) is 13.2 Å². The lowest BCUT2D eigenvalue weighted by Gasteiger charge is -2.16. The van der Waals surface area contributed by atoms with Gasteiger partial charge in [-0.15, -0.1) is 11.3 Å². The van der Waals surface area contributed by atoms with Crippen molar-refractivity contribution in [2.24, 2.45) is 7.05 Å². The van der Waals surface area contributed by atoms with Gasteiger partial charge in [0.15, 0.2) is 0 Å². The average molecular weight is 261 g/mol.